The molecule has 0 aliphatic heterocycles. The zero-order valence-corrected chi connectivity index (χ0v) is 11.5. The van der Waals surface area contributed by atoms with E-state index in [1.807, 2.05) is 0 Å². The lowest BCUT2D eigenvalue weighted by atomic mass is 10.0. The number of halogens is 2. The van der Waals surface area contributed by atoms with Gasteiger partial charge in [0.1, 0.15) is 0 Å². The Morgan fingerprint density at radius 2 is 2.18 bits per heavy atom. The first kappa shape index (κ1) is 14.1. The molecule has 0 saturated carbocycles. The quantitative estimate of drug-likeness (QED) is 0.787. The Morgan fingerprint density at radius 1 is 1.36 bits per heavy atom. The molecule has 3 heterocycles. The number of hydrogen-bond donors (Lipinski definition) is 1. The molecule has 0 aliphatic rings. The fraction of sp³-hybridized carbons (Fsp3) is 0.231. The van der Waals surface area contributed by atoms with Gasteiger partial charge < -0.3 is 10.5 Å². The first-order valence-electron chi connectivity index (χ1n) is 6.32. The molecule has 3 aromatic rings. The molecule has 9 heteroatoms. The van der Waals surface area contributed by atoms with Gasteiger partial charge in [-0.25, -0.2) is 14.6 Å². The van der Waals surface area contributed by atoms with Crippen LogP contribution < -0.4 is 10.5 Å². The van der Waals surface area contributed by atoms with Gasteiger partial charge in [-0.2, -0.15) is 8.78 Å². The minimum Gasteiger partial charge on any atom is -0.417 e. The third-order valence-corrected chi connectivity index (χ3v) is 3.18. The number of anilines is 1. The summed E-state index contributed by atoms with van der Waals surface area (Å²) in [5.74, 6) is -0.144. The molecule has 0 fully saturated rings. The number of nitrogens with zero attached hydrogens (tertiary/aromatic N) is 4. The highest BCUT2D eigenvalue weighted by Gasteiger charge is 2.18. The second kappa shape index (κ2) is 5.51. The fourth-order valence-electron chi connectivity index (χ4n) is 2.15. The van der Waals surface area contributed by atoms with Crippen LogP contribution in [0.3, 0.4) is 0 Å². The van der Waals surface area contributed by atoms with E-state index in [4.69, 9.17) is 5.73 Å². The van der Waals surface area contributed by atoms with Crippen molar-refractivity contribution in [1.29, 1.82) is 0 Å². The predicted molar refractivity (Wildman–Crippen MR) is 72.4 cm³/mol. The number of nitrogen functional groups attached to an aromatic ring is 1. The van der Waals surface area contributed by atoms with Crippen LogP contribution in [0.2, 0.25) is 0 Å². The Morgan fingerprint density at radius 3 is 2.95 bits per heavy atom. The zero-order chi connectivity index (χ0) is 15.7. The van der Waals surface area contributed by atoms with Crippen molar-refractivity contribution >= 4 is 16.9 Å². The number of hydrogen-bond acceptors (Lipinski definition) is 7. The van der Waals surface area contributed by atoms with Crippen LogP contribution in [0.4, 0.5) is 14.5 Å². The maximum atomic E-state index is 12.4. The summed E-state index contributed by atoms with van der Waals surface area (Å²) in [5, 5.41) is 7.32. The first-order chi connectivity index (χ1) is 10.6. The van der Waals surface area contributed by atoms with Crippen molar-refractivity contribution in [1.82, 2.24) is 20.3 Å². The first-order valence-corrected chi connectivity index (χ1v) is 6.32. The lowest BCUT2D eigenvalue weighted by Gasteiger charge is -2.12. The Hall–Kier alpha value is -2.84. The van der Waals surface area contributed by atoms with Crippen LogP contribution in [0.5, 0.6) is 5.88 Å². The van der Waals surface area contributed by atoms with Crippen molar-refractivity contribution in [3.8, 4) is 5.88 Å². The van der Waals surface area contributed by atoms with E-state index >= 15 is 0 Å². The van der Waals surface area contributed by atoms with E-state index in [1.165, 1.54) is 6.20 Å². The number of rotatable bonds is 4. The minimum absolute atomic E-state index is 0.144. The molecule has 114 valence electrons. The van der Waals surface area contributed by atoms with E-state index in [0.29, 0.717) is 33.7 Å². The van der Waals surface area contributed by atoms with Gasteiger partial charge in [0.25, 0.3) is 0 Å². The Balaban J connectivity index is 2.03. The highest BCUT2D eigenvalue weighted by molar-refractivity contribution is 5.85. The van der Waals surface area contributed by atoms with Crippen LogP contribution in [0.15, 0.2) is 23.0 Å². The van der Waals surface area contributed by atoms with Gasteiger partial charge in [0.2, 0.25) is 11.5 Å². The van der Waals surface area contributed by atoms with Crippen molar-refractivity contribution in [2.45, 2.75) is 20.0 Å². The summed E-state index contributed by atoms with van der Waals surface area (Å²) < 4.78 is 33.9. The molecule has 0 amide bonds. The Labute approximate surface area is 123 Å². The molecule has 0 unspecified atom stereocenters. The van der Waals surface area contributed by atoms with Gasteiger partial charge in [0, 0.05) is 29.4 Å². The standard InChI is InChI=1S/C13H11F2N5O2/c1-6-8(9(16)10-11(18-6)20-22-19-10)5-7-3-2-4-17-12(7)21-13(14)15/h2-4,13H,5,16H2,1H3. The Bertz CT molecular complexity index is 821. The van der Waals surface area contributed by atoms with Gasteiger partial charge >= 0.3 is 6.61 Å². The molecule has 0 aliphatic carbocycles. The fourth-order valence-corrected chi connectivity index (χ4v) is 2.15. The normalized spacial score (nSPS) is 11.3. The molecule has 0 aromatic carbocycles. The van der Waals surface area contributed by atoms with E-state index < -0.39 is 6.61 Å². The van der Waals surface area contributed by atoms with E-state index in [2.05, 4.69) is 29.6 Å². The highest BCUT2D eigenvalue weighted by Crippen LogP contribution is 2.28. The van der Waals surface area contributed by atoms with Crippen LogP contribution in [-0.2, 0) is 6.42 Å². The average Bonchev–Trinajstić information content (AvgIpc) is 2.93. The van der Waals surface area contributed by atoms with E-state index in [9.17, 15) is 8.78 Å². The van der Waals surface area contributed by atoms with Gasteiger partial charge in [-0.3, -0.25) is 0 Å². The smallest absolute Gasteiger partial charge is 0.388 e. The number of aryl methyl sites for hydroxylation is 1. The summed E-state index contributed by atoms with van der Waals surface area (Å²) in [7, 11) is 0. The molecule has 2 N–H and O–H groups in total. The van der Waals surface area contributed by atoms with Crippen molar-refractivity contribution in [2.24, 2.45) is 0 Å². The molecule has 0 atom stereocenters. The average molecular weight is 307 g/mol. The van der Waals surface area contributed by atoms with Gasteiger partial charge in [-0.05, 0) is 23.3 Å². The lowest BCUT2D eigenvalue weighted by molar-refractivity contribution is -0.0534. The molecular weight excluding hydrogens is 296 g/mol. The number of pyridine rings is 2. The SMILES string of the molecule is Cc1nc2nonc2c(N)c1Cc1cccnc1OC(F)F. The summed E-state index contributed by atoms with van der Waals surface area (Å²) >= 11 is 0. The summed E-state index contributed by atoms with van der Waals surface area (Å²) in [6, 6.07) is 3.26. The highest BCUT2D eigenvalue weighted by atomic mass is 19.3. The maximum Gasteiger partial charge on any atom is 0.388 e. The topological polar surface area (TPSA) is 100.0 Å². The molecule has 0 radical (unpaired) electrons. The molecular formula is C13H11F2N5O2. The van der Waals surface area contributed by atoms with Gasteiger partial charge in [0.05, 0.1) is 5.69 Å². The van der Waals surface area contributed by atoms with Crippen molar-refractivity contribution < 1.29 is 18.1 Å². The minimum atomic E-state index is -2.95. The molecule has 0 saturated heterocycles. The number of nitrogens with two attached hydrogens (primary N) is 1. The molecule has 7 nitrogen and oxygen atoms in total. The summed E-state index contributed by atoms with van der Waals surface area (Å²) in [6.07, 6.45) is 1.60. The predicted octanol–water partition coefficient (Wildman–Crippen LogP) is 2.10. The number of aromatic nitrogens is 4. The van der Waals surface area contributed by atoms with Gasteiger partial charge in [-0.15, -0.1) is 0 Å². The monoisotopic (exact) mass is 307 g/mol. The molecule has 3 rings (SSSR count). The third kappa shape index (κ3) is 2.52. The van der Waals surface area contributed by atoms with Crippen molar-refractivity contribution in [2.75, 3.05) is 5.73 Å². The third-order valence-electron chi connectivity index (χ3n) is 3.18. The van der Waals surface area contributed by atoms with E-state index in [0.717, 1.165) is 0 Å². The van der Waals surface area contributed by atoms with E-state index in [1.54, 1.807) is 19.1 Å². The van der Waals surface area contributed by atoms with Crippen LogP contribution >= 0.6 is 0 Å². The number of alkyl halides is 2. The molecule has 0 spiro atoms. The number of ether oxygens (including phenoxy) is 1. The van der Waals surface area contributed by atoms with Crippen molar-refractivity contribution in [3.05, 3.63) is 35.2 Å². The Kier molecular flexibility index (Phi) is 3.53. The van der Waals surface area contributed by atoms with Crippen LogP contribution in [0, 0.1) is 6.92 Å². The second-order valence-electron chi connectivity index (χ2n) is 4.55. The van der Waals surface area contributed by atoms with E-state index in [-0.39, 0.29) is 12.3 Å². The zero-order valence-electron chi connectivity index (χ0n) is 11.5. The van der Waals surface area contributed by atoms with Crippen LogP contribution in [0.1, 0.15) is 16.8 Å². The molecule has 22 heavy (non-hydrogen) atoms. The molecule has 0 bridgehead atoms. The lowest BCUT2D eigenvalue weighted by Crippen LogP contribution is -2.08. The van der Waals surface area contributed by atoms with Crippen molar-refractivity contribution in [3.63, 3.8) is 0 Å². The summed E-state index contributed by atoms with van der Waals surface area (Å²) in [4.78, 5) is 8.04. The largest absolute Gasteiger partial charge is 0.417 e. The molecule has 3 aromatic heterocycles. The maximum absolute atomic E-state index is 12.4. The van der Waals surface area contributed by atoms with Gasteiger partial charge in [0.15, 0.2) is 5.52 Å². The van der Waals surface area contributed by atoms with Crippen LogP contribution in [-0.4, -0.2) is 26.9 Å². The summed E-state index contributed by atoms with van der Waals surface area (Å²) in [6.45, 7) is -1.21. The second-order valence-corrected chi connectivity index (χ2v) is 4.55. The summed E-state index contributed by atoms with van der Waals surface area (Å²) in [5.41, 5.74) is 8.74. The van der Waals surface area contributed by atoms with Gasteiger partial charge in [-0.1, -0.05) is 6.07 Å². The van der Waals surface area contributed by atoms with Crippen LogP contribution in [0.25, 0.3) is 11.2 Å². The number of fused-ring (bicyclic) bond motifs is 1.